The van der Waals surface area contributed by atoms with Crippen LogP contribution in [-0.2, 0) is 16.2 Å². The van der Waals surface area contributed by atoms with Gasteiger partial charge in [0.05, 0.1) is 11.2 Å². The standard InChI is InChI=1S/C41H45B2NS/c1-22-16-27-24-10-11-25-26-20-29-30(39(4,5)15-14-38(29,2)3)21-33(26)45-37(25)34(24)28-18-23(42)19-31-36(28)44(32(17-22)35(27)43)41(7)13-9-8-12-40(31,41)6/h10-11,16-21H,8-9,12-15,42-43H2,1-7H3. The van der Waals surface area contributed by atoms with E-state index >= 15 is 0 Å². The fraction of sp³-hybridized carbons (Fsp3) is 0.415. The highest BCUT2D eigenvalue weighted by Crippen LogP contribution is 2.64. The normalized spacial score (nSPS) is 25.4. The molecule has 0 spiro atoms. The van der Waals surface area contributed by atoms with Crippen molar-refractivity contribution >= 4 is 69.5 Å². The molecule has 1 fully saturated rings. The minimum absolute atomic E-state index is 0.0493. The van der Waals surface area contributed by atoms with Crippen LogP contribution >= 0.6 is 11.3 Å². The minimum atomic E-state index is 0.0493. The summed E-state index contributed by atoms with van der Waals surface area (Å²) in [5, 5.41) is 2.87. The van der Waals surface area contributed by atoms with Gasteiger partial charge in [-0.15, -0.1) is 11.3 Å². The Hall–Kier alpha value is -2.97. The number of fused-ring (bicyclic) bond motifs is 14. The molecule has 4 aliphatic rings. The van der Waals surface area contributed by atoms with Crippen LogP contribution in [0.3, 0.4) is 0 Å². The molecule has 4 heteroatoms. The molecule has 2 unspecified atom stereocenters. The van der Waals surface area contributed by atoms with E-state index in [0.717, 1.165) is 0 Å². The monoisotopic (exact) mass is 605 g/mol. The molecule has 45 heavy (non-hydrogen) atoms. The Labute approximate surface area is 275 Å². The first-order valence-corrected chi connectivity index (χ1v) is 18.2. The van der Waals surface area contributed by atoms with Crippen molar-refractivity contribution in [2.45, 2.75) is 109 Å². The number of aryl methyl sites for hydroxylation is 1. The summed E-state index contributed by atoms with van der Waals surface area (Å²) in [6.45, 7) is 17.3. The first-order chi connectivity index (χ1) is 21.2. The van der Waals surface area contributed by atoms with Crippen molar-refractivity contribution in [3.63, 3.8) is 0 Å². The Balaban J connectivity index is 1.46. The first kappa shape index (κ1) is 28.3. The van der Waals surface area contributed by atoms with Gasteiger partial charge in [0.25, 0.3) is 0 Å². The molecule has 226 valence electrons. The van der Waals surface area contributed by atoms with Crippen LogP contribution in [0.2, 0.25) is 0 Å². The predicted octanol–water partition coefficient (Wildman–Crippen LogP) is 8.62. The van der Waals surface area contributed by atoms with E-state index in [1.807, 2.05) is 11.3 Å². The second kappa shape index (κ2) is 8.68. The molecule has 5 aromatic rings. The first-order valence-electron chi connectivity index (χ1n) is 17.4. The second-order valence-electron chi connectivity index (χ2n) is 16.9. The number of hydrogen-bond acceptors (Lipinski definition) is 2. The number of benzene rings is 4. The molecular weight excluding hydrogens is 560 g/mol. The molecular formula is C41H45B2NS. The van der Waals surface area contributed by atoms with Crippen molar-refractivity contribution in [2.75, 3.05) is 4.90 Å². The van der Waals surface area contributed by atoms with Gasteiger partial charge in [-0.1, -0.05) is 88.7 Å². The van der Waals surface area contributed by atoms with Crippen LogP contribution in [0.5, 0.6) is 0 Å². The largest absolute Gasteiger partial charge is 0.334 e. The third-order valence-electron chi connectivity index (χ3n) is 13.3. The molecule has 1 aromatic heterocycles. The Kier molecular flexibility index (Phi) is 5.45. The van der Waals surface area contributed by atoms with E-state index in [1.54, 1.807) is 16.7 Å². The van der Waals surface area contributed by atoms with E-state index in [-0.39, 0.29) is 21.8 Å². The maximum atomic E-state index is 2.85. The van der Waals surface area contributed by atoms with Crippen LogP contribution in [-0.4, -0.2) is 21.2 Å². The number of nitrogens with zero attached hydrogens (tertiary/aromatic N) is 1. The van der Waals surface area contributed by atoms with Crippen molar-refractivity contribution in [3.05, 3.63) is 70.8 Å². The van der Waals surface area contributed by atoms with Crippen LogP contribution in [0.4, 0.5) is 11.4 Å². The zero-order chi connectivity index (χ0) is 31.4. The van der Waals surface area contributed by atoms with Crippen LogP contribution in [0.15, 0.2) is 48.5 Å². The summed E-state index contributed by atoms with van der Waals surface area (Å²) in [6, 6.07) is 20.1. The second-order valence-corrected chi connectivity index (χ2v) is 18.0. The molecule has 2 bridgehead atoms. The fourth-order valence-electron chi connectivity index (χ4n) is 10.3. The van der Waals surface area contributed by atoms with Crippen molar-refractivity contribution in [1.82, 2.24) is 0 Å². The molecule has 0 amide bonds. The topological polar surface area (TPSA) is 3.24 Å². The number of anilines is 2. The van der Waals surface area contributed by atoms with E-state index in [4.69, 9.17) is 0 Å². The maximum absolute atomic E-state index is 2.85. The van der Waals surface area contributed by atoms with Crippen molar-refractivity contribution < 1.29 is 0 Å². The third kappa shape index (κ3) is 3.43. The molecule has 0 N–H and O–H groups in total. The van der Waals surface area contributed by atoms with Crippen LogP contribution in [0.25, 0.3) is 42.4 Å². The van der Waals surface area contributed by atoms with Gasteiger partial charge in [0, 0.05) is 42.4 Å². The third-order valence-corrected chi connectivity index (χ3v) is 14.5. The summed E-state index contributed by atoms with van der Waals surface area (Å²) in [4.78, 5) is 2.85. The summed E-state index contributed by atoms with van der Waals surface area (Å²) < 4.78 is 2.91. The molecule has 4 aromatic carbocycles. The van der Waals surface area contributed by atoms with E-state index < -0.39 is 0 Å². The van der Waals surface area contributed by atoms with Crippen LogP contribution in [0, 0.1) is 6.92 Å². The van der Waals surface area contributed by atoms with Gasteiger partial charge in [-0.3, -0.25) is 0 Å². The highest BCUT2D eigenvalue weighted by atomic mass is 32.1. The van der Waals surface area contributed by atoms with Crippen molar-refractivity contribution in [1.29, 1.82) is 0 Å². The average Bonchev–Trinajstić information content (AvgIpc) is 3.45. The van der Waals surface area contributed by atoms with Gasteiger partial charge < -0.3 is 4.90 Å². The van der Waals surface area contributed by atoms with E-state index in [1.165, 1.54) is 109 Å². The van der Waals surface area contributed by atoms with Crippen LogP contribution in [0.1, 0.15) is 102 Å². The summed E-state index contributed by atoms with van der Waals surface area (Å²) in [5.41, 5.74) is 18.1. The molecule has 2 aliphatic carbocycles. The number of hydrogen-bond donors (Lipinski definition) is 0. The molecule has 1 saturated carbocycles. The fourth-order valence-corrected chi connectivity index (χ4v) is 11.6. The van der Waals surface area contributed by atoms with E-state index in [9.17, 15) is 0 Å². The molecule has 9 rings (SSSR count). The molecule has 0 radical (unpaired) electrons. The van der Waals surface area contributed by atoms with Crippen molar-refractivity contribution in [2.24, 2.45) is 0 Å². The summed E-state index contributed by atoms with van der Waals surface area (Å²) >= 11 is 2.04. The van der Waals surface area contributed by atoms with Gasteiger partial charge in [-0.05, 0) is 102 Å². The lowest BCUT2D eigenvalue weighted by Crippen LogP contribution is -2.55. The quantitative estimate of drug-likeness (QED) is 0.160. The molecule has 1 nitrogen and oxygen atoms in total. The maximum Gasteiger partial charge on any atom is 0.142 e. The number of thiophene rings is 1. The highest BCUT2D eigenvalue weighted by Gasteiger charge is 2.59. The smallest absolute Gasteiger partial charge is 0.142 e. The highest BCUT2D eigenvalue weighted by molar-refractivity contribution is 7.26. The summed E-state index contributed by atoms with van der Waals surface area (Å²) in [5.74, 6) is 0. The lowest BCUT2D eigenvalue weighted by Gasteiger charge is -2.51. The van der Waals surface area contributed by atoms with Crippen LogP contribution < -0.4 is 15.8 Å². The SMILES string of the molecule is Bc1cc2c3c(c1)C1(C)CCCCC1(C)N3c1cc(C)cc(c1B)-c1ccc3c(sc4cc5c(cc43)C(C)(C)CCC5(C)C)c1-2. The van der Waals surface area contributed by atoms with Gasteiger partial charge in [0.15, 0.2) is 0 Å². The van der Waals surface area contributed by atoms with Gasteiger partial charge in [-0.2, -0.15) is 0 Å². The van der Waals surface area contributed by atoms with E-state index in [0.29, 0.717) is 0 Å². The summed E-state index contributed by atoms with van der Waals surface area (Å²) in [7, 11) is 4.72. The number of rotatable bonds is 0. The summed E-state index contributed by atoms with van der Waals surface area (Å²) in [6.07, 6.45) is 7.60. The molecule has 2 atom stereocenters. The average molecular weight is 606 g/mol. The van der Waals surface area contributed by atoms with Gasteiger partial charge >= 0.3 is 0 Å². The molecule has 0 saturated heterocycles. The Morgan fingerprint density at radius 2 is 1.40 bits per heavy atom. The molecule has 3 heterocycles. The Morgan fingerprint density at radius 3 is 2.16 bits per heavy atom. The van der Waals surface area contributed by atoms with E-state index in [2.05, 4.69) is 118 Å². The lowest BCUT2D eigenvalue weighted by atomic mass is 9.61. The minimum Gasteiger partial charge on any atom is -0.334 e. The zero-order valence-corrected chi connectivity index (χ0v) is 29.5. The van der Waals surface area contributed by atoms with Gasteiger partial charge in [0.1, 0.15) is 15.7 Å². The predicted molar refractivity (Wildman–Crippen MR) is 203 cm³/mol. The zero-order valence-electron chi connectivity index (χ0n) is 28.7. The lowest BCUT2D eigenvalue weighted by molar-refractivity contribution is 0.195. The van der Waals surface area contributed by atoms with Crippen molar-refractivity contribution in [3.8, 4) is 22.3 Å². The van der Waals surface area contributed by atoms with Gasteiger partial charge in [0.2, 0.25) is 0 Å². The molecule has 2 aliphatic heterocycles. The van der Waals surface area contributed by atoms with Gasteiger partial charge in [-0.25, -0.2) is 0 Å². The Morgan fingerprint density at radius 1 is 0.689 bits per heavy atom. The Bertz CT molecular complexity index is 2150.